The van der Waals surface area contributed by atoms with Crippen molar-refractivity contribution in [2.24, 2.45) is 10.2 Å². The van der Waals surface area contributed by atoms with Crippen LogP contribution in [0.1, 0.15) is 44.6 Å². The number of hydrogen-bond acceptors (Lipinski definition) is 3. The van der Waals surface area contributed by atoms with E-state index in [1.165, 1.54) is 19.3 Å². The van der Waals surface area contributed by atoms with Gasteiger partial charge in [0.15, 0.2) is 0 Å². The van der Waals surface area contributed by atoms with Crippen LogP contribution >= 0.6 is 0 Å². The first-order chi connectivity index (χ1) is 8.74. The van der Waals surface area contributed by atoms with Crippen LogP contribution in [0.5, 0.6) is 0 Å². The molecule has 1 aliphatic carbocycles. The third-order valence-electron chi connectivity index (χ3n) is 3.69. The Morgan fingerprint density at radius 1 is 1.11 bits per heavy atom. The Hall–Kier alpha value is -1.22. The number of benzene rings is 1. The molecule has 1 aromatic carbocycles. The van der Waals surface area contributed by atoms with E-state index < -0.39 is 5.72 Å². The zero-order chi connectivity index (χ0) is 12.8. The van der Waals surface area contributed by atoms with E-state index in [0.29, 0.717) is 6.04 Å². The van der Waals surface area contributed by atoms with Crippen molar-refractivity contribution in [3.05, 3.63) is 35.9 Å². The summed E-state index contributed by atoms with van der Waals surface area (Å²) in [6.45, 7) is 1.97. The lowest BCUT2D eigenvalue weighted by molar-refractivity contribution is 0.00172. The minimum absolute atomic E-state index is 0.386. The van der Waals surface area contributed by atoms with Gasteiger partial charge in [0, 0.05) is 12.7 Å². The summed E-state index contributed by atoms with van der Waals surface area (Å²) in [6, 6.07) is 10.5. The molecule has 1 aliphatic rings. The van der Waals surface area contributed by atoms with E-state index >= 15 is 0 Å². The van der Waals surface area contributed by atoms with Crippen LogP contribution in [0.3, 0.4) is 0 Å². The summed E-state index contributed by atoms with van der Waals surface area (Å²) in [6.07, 6.45) is 6.22. The number of hydrogen-bond donors (Lipinski definition) is 0. The van der Waals surface area contributed by atoms with Gasteiger partial charge in [-0.05, 0) is 19.8 Å². The van der Waals surface area contributed by atoms with Crippen LogP contribution in [-0.4, -0.2) is 13.2 Å². The van der Waals surface area contributed by atoms with Crippen molar-refractivity contribution in [1.29, 1.82) is 0 Å². The zero-order valence-electron chi connectivity index (χ0n) is 11.3. The lowest BCUT2D eigenvalue weighted by atomic mass is 9.96. The Kier molecular flexibility index (Phi) is 4.48. The maximum absolute atomic E-state index is 5.55. The van der Waals surface area contributed by atoms with Gasteiger partial charge in [-0.2, -0.15) is 10.2 Å². The topological polar surface area (TPSA) is 34.0 Å². The average molecular weight is 246 g/mol. The van der Waals surface area contributed by atoms with Gasteiger partial charge in [0.1, 0.15) is 0 Å². The lowest BCUT2D eigenvalue weighted by Crippen LogP contribution is -2.22. The van der Waals surface area contributed by atoms with Crippen LogP contribution in [-0.2, 0) is 10.5 Å². The number of azo groups is 1. The van der Waals surface area contributed by atoms with Gasteiger partial charge in [-0.1, -0.05) is 49.6 Å². The van der Waals surface area contributed by atoms with Crippen LogP contribution < -0.4 is 0 Å². The van der Waals surface area contributed by atoms with E-state index in [-0.39, 0.29) is 0 Å². The third kappa shape index (κ3) is 3.16. The van der Waals surface area contributed by atoms with E-state index in [1.807, 2.05) is 37.3 Å². The second-order valence-electron chi connectivity index (χ2n) is 5.06. The van der Waals surface area contributed by atoms with Crippen molar-refractivity contribution in [2.45, 2.75) is 50.8 Å². The summed E-state index contributed by atoms with van der Waals surface area (Å²) in [5.41, 5.74) is 0.394. The molecule has 0 bridgehead atoms. The van der Waals surface area contributed by atoms with Crippen molar-refractivity contribution >= 4 is 0 Å². The highest BCUT2D eigenvalue weighted by Crippen LogP contribution is 2.28. The summed E-state index contributed by atoms with van der Waals surface area (Å²) in [5, 5.41) is 8.97. The molecule has 1 fully saturated rings. The molecule has 3 nitrogen and oxygen atoms in total. The molecule has 1 atom stereocenters. The molecule has 98 valence electrons. The predicted octanol–water partition coefficient (Wildman–Crippen LogP) is 4.29. The Morgan fingerprint density at radius 3 is 2.39 bits per heavy atom. The second kappa shape index (κ2) is 6.10. The standard InChI is InChI=1S/C15H22N2O/c1-15(18-2,13-9-5-3-6-10-13)17-16-14-11-7-4-8-12-14/h3,5-6,9-10,14H,4,7-8,11-12H2,1-2H3. The lowest BCUT2D eigenvalue weighted by Gasteiger charge is -2.24. The number of methoxy groups -OCH3 is 1. The quantitative estimate of drug-likeness (QED) is 0.730. The first-order valence-electron chi connectivity index (χ1n) is 6.77. The third-order valence-corrected chi connectivity index (χ3v) is 3.69. The SMILES string of the molecule is COC(C)(N=NC1CCCCC1)c1ccccc1. The van der Waals surface area contributed by atoms with Gasteiger partial charge in [-0.3, -0.25) is 0 Å². The minimum atomic E-state index is -0.654. The monoisotopic (exact) mass is 246 g/mol. The molecule has 1 saturated carbocycles. The molecule has 0 aliphatic heterocycles. The van der Waals surface area contributed by atoms with Gasteiger partial charge >= 0.3 is 0 Å². The van der Waals surface area contributed by atoms with Gasteiger partial charge in [0.2, 0.25) is 5.72 Å². The van der Waals surface area contributed by atoms with E-state index in [4.69, 9.17) is 4.74 Å². The van der Waals surface area contributed by atoms with Gasteiger partial charge in [0.05, 0.1) is 6.04 Å². The Balaban J connectivity index is 2.10. The second-order valence-corrected chi connectivity index (χ2v) is 5.06. The molecule has 3 heteroatoms. The molecule has 1 unspecified atom stereocenters. The summed E-state index contributed by atoms with van der Waals surface area (Å²) in [4.78, 5) is 0. The van der Waals surface area contributed by atoms with Crippen molar-refractivity contribution in [1.82, 2.24) is 0 Å². The van der Waals surface area contributed by atoms with E-state index in [9.17, 15) is 0 Å². The molecular formula is C15H22N2O. The molecule has 0 amide bonds. The predicted molar refractivity (Wildman–Crippen MR) is 72.5 cm³/mol. The fraction of sp³-hybridized carbons (Fsp3) is 0.600. The Labute approximate surface area is 109 Å². The highest BCUT2D eigenvalue weighted by Gasteiger charge is 2.26. The summed E-state index contributed by atoms with van der Waals surface area (Å²) in [7, 11) is 1.69. The fourth-order valence-electron chi connectivity index (χ4n) is 2.35. The number of nitrogens with zero attached hydrogens (tertiary/aromatic N) is 2. The van der Waals surface area contributed by atoms with Crippen molar-refractivity contribution < 1.29 is 4.74 Å². The zero-order valence-corrected chi connectivity index (χ0v) is 11.3. The maximum atomic E-state index is 5.55. The van der Waals surface area contributed by atoms with Crippen molar-refractivity contribution in [2.75, 3.05) is 7.11 Å². The van der Waals surface area contributed by atoms with E-state index in [1.54, 1.807) is 7.11 Å². The van der Waals surface area contributed by atoms with Gasteiger partial charge in [-0.25, -0.2) is 0 Å². The first kappa shape index (κ1) is 13.2. The highest BCUT2D eigenvalue weighted by atomic mass is 16.5. The smallest absolute Gasteiger partial charge is 0.201 e. The van der Waals surface area contributed by atoms with Gasteiger partial charge < -0.3 is 4.74 Å². The molecular weight excluding hydrogens is 224 g/mol. The average Bonchev–Trinajstić information content (AvgIpc) is 2.47. The van der Waals surface area contributed by atoms with Crippen molar-refractivity contribution in [3.8, 4) is 0 Å². The van der Waals surface area contributed by atoms with E-state index in [2.05, 4.69) is 10.2 Å². The van der Waals surface area contributed by atoms with Crippen LogP contribution in [0, 0.1) is 0 Å². The highest BCUT2D eigenvalue weighted by molar-refractivity contribution is 5.20. The molecule has 0 heterocycles. The molecule has 1 aromatic rings. The van der Waals surface area contributed by atoms with Crippen LogP contribution in [0.4, 0.5) is 0 Å². The summed E-state index contributed by atoms with van der Waals surface area (Å²) < 4.78 is 5.55. The van der Waals surface area contributed by atoms with E-state index in [0.717, 1.165) is 18.4 Å². The van der Waals surface area contributed by atoms with Gasteiger partial charge in [-0.15, -0.1) is 0 Å². The van der Waals surface area contributed by atoms with Crippen LogP contribution in [0.2, 0.25) is 0 Å². The molecule has 2 rings (SSSR count). The van der Waals surface area contributed by atoms with Crippen LogP contribution in [0.25, 0.3) is 0 Å². The summed E-state index contributed by atoms with van der Waals surface area (Å²) >= 11 is 0. The fourth-order valence-corrected chi connectivity index (χ4v) is 2.35. The summed E-state index contributed by atoms with van der Waals surface area (Å²) in [5.74, 6) is 0. The molecule has 0 spiro atoms. The normalized spacial score (nSPS) is 21.0. The van der Waals surface area contributed by atoms with Crippen molar-refractivity contribution in [3.63, 3.8) is 0 Å². The molecule has 0 aromatic heterocycles. The number of rotatable bonds is 4. The minimum Gasteiger partial charge on any atom is -0.352 e. The maximum Gasteiger partial charge on any atom is 0.201 e. The molecule has 0 saturated heterocycles. The van der Waals surface area contributed by atoms with Gasteiger partial charge in [0.25, 0.3) is 0 Å². The largest absolute Gasteiger partial charge is 0.352 e. The van der Waals surface area contributed by atoms with Crippen LogP contribution in [0.15, 0.2) is 40.6 Å². The first-order valence-corrected chi connectivity index (χ1v) is 6.77. The Morgan fingerprint density at radius 2 is 1.78 bits per heavy atom. The molecule has 18 heavy (non-hydrogen) atoms. The number of ether oxygens (including phenoxy) is 1. The molecule has 0 N–H and O–H groups in total. The molecule has 0 radical (unpaired) electrons. The Bertz CT molecular complexity index is 385.